The molecule has 0 nitrogen and oxygen atoms in total. The van der Waals surface area contributed by atoms with E-state index in [1.807, 2.05) is 19.1 Å². The summed E-state index contributed by atoms with van der Waals surface area (Å²) >= 11 is 0. The first-order valence-corrected chi connectivity index (χ1v) is 6.38. The first-order chi connectivity index (χ1) is 8.02. The minimum atomic E-state index is 0.517. The first kappa shape index (κ1) is 15.7. The predicted octanol–water partition coefficient (Wildman–Crippen LogP) is 5.61. The lowest BCUT2D eigenvalue weighted by atomic mass is 9.96. The second-order valence-electron chi connectivity index (χ2n) is 4.51. The molecule has 0 bridgehead atoms. The Morgan fingerprint density at radius 2 is 1.82 bits per heavy atom. The average Bonchev–Trinajstić information content (AvgIpc) is 2.31. The number of hydrogen-bond acceptors (Lipinski definition) is 0. The van der Waals surface area contributed by atoms with Gasteiger partial charge in [-0.15, -0.1) is 0 Å². The zero-order chi connectivity index (χ0) is 13.3. The van der Waals surface area contributed by atoms with Crippen LogP contribution in [-0.4, -0.2) is 0 Å². The molecule has 17 heavy (non-hydrogen) atoms. The molecule has 0 saturated carbocycles. The summed E-state index contributed by atoms with van der Waals surface area (Å²) in [5.41, 5.74) is 3.85. The molecule has 0 fully saturated rings. The zero-order valence-corrected chi connectivity index (χ0v) is 12.0. The first-order valence-electron chi connectivity index (χ1n) is 6.38. The van der Waals surface area contributed by atoms with Crippen molar-refractivity contribution in [3.63, 3.8) is 0 Å². The molecule has 0 N–H and O–H groups in total. The maximum absolute atomic E-state index is 4.13. The van der Waals surface area contributed by atoms with Crippen LogP contribution < -0.4 is 0 Å². The van der Waals surface area contributed by atoms with Gasteiger partial charge in [-0.05, 0) is 42.9 Å². The summed E-state index contributed by atoms with van der Waals surface area (Å²) < 4.78 is 0. The lowest BCUT2D eigenvalue weighted by molar-refractivity contribution is 0.781. The summed E-state index contributed by atoms with van der Waals surface area (Å²) in [5.74, 6) is 0.517. The monoisotopic (exact) mass is 230 g/mol. The lowest BCUT2D eigenvalue weighted by Crippen LogP contribution is -1.94. The van der Waals surface area contributed by atoms with E-state index in [1.165, 1.54) is 16.7 Å². The Kier molecular flexibility index (Phi) is 8.13. The topological polar surface area (TPSA) is 0 Å². The van der Waals surface area contributed by atoms with Crippen molar-refractivity contribution in [1.29, 1.82) is 0 Å². The molecule has 0 aliphatic carbocycles. The summed E-state index contributed by atoms with van der Waals surface area (Å²) in [6.45, 7) is 14.8. The van der Waals surface area contributed by atoms with Crippen LogP contribution in [0.15, 0.2) is 59.8 Å². The van der Waals surface area contributed by atoms with Gasteiger partial charge in [0.25, 0.3) is 0 Å². The Morgan fingerprint density at radius 1 is 1.18 bits per heavy atom. The van der Waals surface area contributed by atoms with E-state index in [-0.39, 0.29) is 0 Å². The predicted molar refractivity (Wildman–Crippen MR) is 80.1 cm³/mol. The van der Waals surface area contributed by atoms with E-state index < -0.39 is 0 Å². The maximum atomic E-state index is 4.13. The van der Waals surface area contributed by atoms with Crippen molar-refractivity contribution in [3.05, 3.63) is 59.8 Å². The fourth-order valence-electron chi connectivity index (χ4n) is 1.45. The van der Waals surface area contributed by atoms with Gasteiger partial charge in [0.2, 0.25) is 0 Å². The highest BCUT2D eigenvalue weighted by molar-refractivity contribution is 5.36. The molecule has 0 unspecified atom stereocenters. The third-order valence-corrected chi connectivity index (χ3v) is 2.74. The molecule has 0 aromatic carbocycles. The number of rotatable bonds is 6. The molecule has 0 aliphatic rings. The Hall–Kier alpha value is -1.30. The van der Waals surface area contributed by atoms with Crippen LogP contribution in [0.4, 0.5) is 0 Å². The Labute approximate surface area is 107 Å². The summed E-state index contributed by atoms with van der Waals surface area (Å²) in [4.78, 5) is 0. The fourth-order valence-corrected chi connectivity index (χ4v) is 1.45. The Bertz CT molecular complexity index is 346. The molecule has 0 amide bonds. The molecule has 0 rings (SSSR count). The van der Waals surface area contributed by atoms with Crippen LogP contribution in [0, 0.1) is 5.92 Å². The standard InChI is InChI=1S/C17H26/c1-7-9-10-11-12-17(8-2)13-15(5)16(6)14(3)4/h7,9-14H,6,8H2,1-5H3/b9-7-,11-10+,15-13+,17-12-. The van der Waals surface area contributed by atoms with Crippen LogP contribution in [0.25, 0.3) is 0 Å². The van der Waals surface area contributed by atoms with Gasteiger partial charge in [-0.3, -0.25) is 0 Å². The minimum absolute atomic E-state index is 0.517. The van der Waals surface area contributed by atoms with E-state index in [0.717, 1.165) is 6.42 Å². The van der Waals surface area contributed by atoms with Crippen LogP contribution in [0.1, 0.15) is 41.0 Å². The highest BCUT2D eigenvalue weighted by Crippen LogP contribution is 2.19. The Morgan fingerprint density at radius 3 is 2.29 bits per heavy atom. The van der Waals surface area contributed by atoms with Gasteiger partial charge < -0.3 is 0 Å². The van der Waals surface area contributed by atoms with E-state index in [4.69, 9.17) is 0 Å². The van der Waals surface area contributed by atoms with E-state index in [0.29, 0.717) is 5.92 Å². The molecule has 0 heterocycles. The number of hydrogen-bond donors (Lipinski definition) is 0. The normalized spacial score (nSPS) is 14.2. The second-order valence-corrected chi connectivity index (χ2v) is 4.51. The molecular weight excluding hydrogens is 204 g/mol. The quantitative estimate of drug-likeness (QED) is 0.520. The van der Waals surface area contributed by atoms with Gasteiger partial charge in [-0.1, -0.05) is 63.8 Å². The molecular formula is C17H26. The van der Waals surface area contributed by atoms with Crippen molar-refractivity contribution < 1.29 is 0 Å². The fraction of sp³-hybridized carbons (Fsp3) is 0.412. The van der Waals surface area contributed by atoms with Crippen molar-refractivity contribution in [2.75, 3.05) is 0 Å². The molecule has 0 aromatic heterocycles. The molecule has 0 saturated heterocycles. The van der Waals surface area contributed by atoms with E-state index in [2.05, 4.69) is 58.6 Å². The van der Waals surface area contributed by atoms with Crippen molar-refractivity contribution in [3.8, 4) is 0 Å². The van der Waals surface area contributed by atoms with E-state index >= 15 is 0 Å². The van der Waals surface area contributed by atoms with Crippen LogP contribution in [0.2, 0.25) is 0 Å². The molecule has 0 spiro atoms. The van der Waals surface area contributed by atoms with Gasteiger partial charge in [0.15, 0.2) is 0 Å². The van der Waals surface area contributed by atoms with Crippen molar-refractivity contribution in [1.82, 2.24) is 0 Å². The van der Waals surface area contributed by atoms with Gasteiger partial charge in [0, 0.05) is 0 Å². The summed E-state index contributed by atoms with van der Waals surface area (Å²) in [7, 11) is 0. The molecule has 0 heteroatoms. The van der Waals surface area contributed by atoms with Crippen LogP contribution in [0.3, 0.4) is 0 Å². The molecule has 0 aromatic rings. The molecule has 0 atom stereocenters. The summed E-state index contributed by atoms with van der Waals surface area (Å²) in [5, 5.41) is 0. The van der Waals surface area contributed by atoms with Crippen LogP contribution >= 0.6 is 0 Å². The zero-order valence-electron chi connectivity index (χ0n) is 12.0. The lowest BCUT2D eigenvalue weighted by Gasteiger charge is -2.10. The van der Waals surface area contributed by atoms with Crippen molar-refractivity contribution in [2.24, 2.45) is 5.92 Å². The van der Waals surface area contributed by atoms with Gasteiger partial charge >= 0.3 is 0 Å². The maximum Gasteiger partial charge on any atom is -0.0222 e. The highest BCUT2D eigenvalue weighted by Gasteiger charge is 2.02. The van der Waals surface area contributed by atoms with Crippen molar-refractivity contribution >= 4 is 0 Å². The second kappa shape index (κ2) is 8.81. The largest absolute Gasteiger partial charge is 0.0953 e. The highest BCUT2D eigenvalue weighted by atomic mass is 14.1. The van der Waals surface area contributed by atoms with E-state index in [9.17, 15) is 0 Å². The smallest absolute Gasteiger partial charge is 0.0222 e. The van der Waals surface area contributed by atoms with Crippen molar-refractivity contribution in [2.45, 2.75) is 41.0 Å². The van der Waals surface area contributed by atoms with Gasteiger partial charge in [0.05, 0.1) is 0 Å². The third-order valence-electron chi connectivity index (χ3n) is 2.74. The van der Waals surface area contributed by atoms with Gasteiger partial charge in [0.1, 0.15) is 0 Å². The summed E-state index contributed by atoms with van der Waals surface area (Å²) in [6, 6.07) is 0. The summed E-state index contributed by atoms with van der Waals surface area (Å²) in [6.07, 6.45) is 13.6. The minimum Gasteiger partial charge on any atom is -0.0953 e. The molecule has 0 aliphatic heterocycles. The average molecular weight is 230 g/mol. The van der Waals surface area contributed by atoms with Crippen LogP contribution in [0.5, 0.6) is 0 Å². The van der Waals surface area contributed by atoms with Gasteiger partial charge in [-0.25, -0.2) is 0 Å². The Balaban J connectivity index is 4.79. The number of allylic oxidation sites excluding steroid dienone is 9. The van der Waals surface area contributed by atoms with E-state index in [1.54, 1.807) is 0 Å². The van der Waals surface area contributed by atoms with Gasteiger partial charge in [-0.2, -0.15) is 0 Å². The SMILES string of the molecule is C=C(/C(C)=C/C(=C\C=C\C=C/C)CC)C(C)C. The molecule has 94 valence electrons. The third kappa shape index (κ3) is 6.78. The van der Waals surface area contributed by atoms with Crippen LogP contribution in [-0.2, 0) is 0 Å². The molecule has 0 radical (unpaired) electrons.